The van der Waals surface area contributed by atoms with E-state index in [1.165, 1.54) is 0 Å². The first-order valence-corrected chi connectivity index (χ1v) is 3.84. The van der Waals surface area contributed by atoms with Crippen LogP contribution in [0.2, 0.25) is 0 Å². The fraction of sp³-hybridized carbons (Fsp3) is 0.143. The van der Waals surface area contributed by atoms with E-state index in [2.05, 4.69) is 4.98 Å². The third kappa shape index (κ3) is 1.74. The first kappa shape index (κ1) is 10.6. The highest BCUT2D eigenvalue weighted by atomic mass is 35.5. The van der Waals surface area contributed by atoms with Crippen LogP contribution in [-0.4, -0.2) is 10.2 Å². The predicted octanol–water partition coefficient (Wildman–Crippen LogP) is 1.56. The van der Waals surface area contributed by atoms with Crippen molar-refractivity contribution in [3.8, 4) is 0 Å². The molecule has 1 heterocycles. The van der Waals surface area contributed by atoms with Crippen LogP contribution in [0.25, 0.3) is 0 Å². The second-order valence-corrected chi connectivity index (χ2v) is 2.80. The van der Waals surface area contributed by atoms with Gasteiger partial charge in [-0.05, 0) is 11.6 Å². The number of carbonyl (C=O) groups is 1. The van der Waals surface area contributed by atoms with E-state index in [1.54, 1.807) is 0 Å². The van der Waals surface area contributed by atoms with E-state index in [9.17, 15) is 13.6 Å². The summed E-state index contributed by atoms with van der Waals surface area (Å²) in [6.07, 6.45) is -1.96. The Morgan fingerprint density at radius 2 is 2.00 bits per heavy atom. The molecule has 0 aliphatic carbocycles. The Morgan fingerprint density at radius 1 is 1.43 bits per heavy atom. The van der Waals surface area contributed by atoms with E-state index in [0.717, 1.165) is 6.20 Å². The number of rotatable bonds is 2. The fourth-order valence-corrected chi connectivity index (χ4v) is 1.04. The normalized spacial score (nSPS) is 10.6. The van der Waals surface area contributed by atoms with Gasteiger partial charge in [-0.1, -0.05) is 0 Å². The molecule has 0 spiro atoms. The molecule has 0 radical (unpaired) electrons. The van der Waals surface area contributed by atoms with Crippen LogP contribution in [0.4, 0.5) is 20.2 Å². The zero-order valence-electron chi connectivity index (χ0n) is 6.80. The molecule has 14 heavy (non-hydrogen) atoms. The minimum Gasteiger partial charge on any atom is -0.396 e. The highest BCUT2D eigenvalue weighted by Gasteiger charge is 2.19. The fourth-order valence-electron chi connectivity index (χ4n) is 0.887. The SMILES string of the molecule is Nc1c(C(=O)Cl)cnc(C(F)F)c1N. The van der Waals surface area contributed by atoms with E-state index in [1.807, 2.05) is 0 Å². The third-order valence-electron chi connectivity index (χ3n) is 1.61. The van der Waals surface area contributed by atoms with E-state index in [0.29, 0.717) is 0 Å². The Hall–Kier alpha value is -1.43. The van der Waals surface area contributed by atoms with Gasteiger partial charge in [0.15, 0.2) is 0 Å². The molecule has 0 amide bonds. The number of halogens is 3. The number of hydrogen-bond acceptors (Lipinski definition) is 4. The van der Waals surface area contributed by atoms with Crippen LogP contribution >= 0.6 is 11.6 Å². The van der Waals surface area contributed by atoms with Crippen molar-refractivity contribution in [1.82, 2.24) is 4.98 Å². The molecule has 0 aliphatic rings. The minimum atomic E-state index is -2.84. The number of hydrogen-bond donors (Lipinski definition) is 2. The molecular weight excluding hydrogens is 216 g/mol. The zero-order chi connectivity index (χ0) is 10.9. The van der Waals surface area contributed by atoms with Gasteiger partial charge in [-0.3, -0.25) is 9.78 Å². The smallest absolute Gasteiger partial charge is 0.282 e. The Morgan fingerprint density at radius 3 is 2.43 bits per heavy atom. The molecule has 76 valence electrons. The van der Waals surface area contributed by atoms with Crippen molar-refractivity contribution in [2.45, 2.75) is 6.43 Å². The molecular formula is C7H6ClF2N3O. The van der Waals surface area contributed by atoms with Crippen molar-refractivity contribution >= 4 is 28.2 Å². The van der Waals surface area contributed by atoms with Gasteiger partial charge in [0.2, 0.25) is 0 Å². The third-order valence-corrected chi connectivity index (χ3v) is 1.81. The molecule has 0 fully saturated rings. The maximum Gasteiger partial charge on any atom is 0.282 e. The molecule has 1 rings (SSSR count). The lowest BCUT2D eigenvalue weighted by Crippen LogP contribution is -2.08. The lowest BCUT2D eigenvalue weighted by Gasteiger charge is -2.08. The molecule has 0 aromatic carbocycles. The van der Waals surface area contributed by atoms with E-state index in [-0.39, 0.29) is 11.3 Å². The second-order valence-electron chi connectivity index (χ2n) is 2.46. The number of anilines is 2. The summed E-state index contributed by atoms with van der Waals surface area (Å²) in [5.74, 6) is 0. The van der Waals surface area contributed by atoms with Crippen LogP contribution in [0.3, 0.4) is 0 Å². The van der Waals surface area contributed by atoms with Gasteiger partial charge in [0.1, 0.15) is 5.69 Å². The Balaban J connectivity index is 3.33. The van der Waals surface area contributed by atoms with Crippen molar-refractivity contribution in [3.05, 3.63) is 17.5 Å². The van der Waals surface area contributed by atoms with Crippen LogP contribution in [0.15, 0.2) is 6.20 Å². The summed E-state index contributed by atoms with van der Waals surface area (Å²) in [6, 6.07) is 0. The summed E-state index contributed by atoms with van der Waals surface area (Å²) in [6.45, 7) is 0. The number of nitrogen functional groups attached to an aromatic ring is 2. The summed E-state index contributed by atoms with van der Waals surface area (Å²) in [4.78, 5) is 14.0. The Bertz CT molecular complexity index is 383. The van der Waals surface area contributed by atoms with Gasteiger partial charge >= 0.3 is 0 Å². The molecule has 4 N–H and O–H groups in total. The summed E-state index contributed by atoms with van der Waals surface area (Å²) in [5.41, 5.74) is 9.06. The van der Waals surface area contributed by atoms with Gasteiger partial charge in [0.05, 0.1) is 16.9 Å². The number of aromatic nitrogens is 1. The standard InChI is InChI=1S/C7H6ClF2N3O/c8-6(14)2-1-13-5(7(9)10)4(12)3(2)11/h1,7H,12H2,(H2,11,13). The molecule has 1 aromatic heterocycles. The second kappa shape index (κ2) is 3.75. The van der Waals surface area contributed by atoms with Crippen LogP contribution in [-0.2, 0) is 0 Å². The predicted molar refractivity (Wildman–Crippen MR) is 48.2 cm³/mol. The largest absolute Gasteiger partial charge is 0.396 e. The molecule has 0 atom stereocenters. The maximum absolute atomic E-state index is 12.2. The summed E-state index contributed by atoms with van der Waals surface area (Å²) < 4.78 is 24.4. The Labute approximate surface area is 82.9 Å². The quantitative estimate of drug-likeness (QED) is 0.743. The van der Waals surface area contributed by atoms with Crippen LogP contribution < -0.4 is 11.5 Å². The number of alkyl halides is 2. The van der Waals surface area contributed by atoms with Crippen molar-refractivity contribution in [3.63, 3.8) is 0 Å². The molecule has 0 aliphatic heterocycles. The monoisotopic (exact) mass is 221 g/mol. The van der Waals surface area contributed by atoms with E-state index < -0.39 is 23.0 Å². The van der Waals surface area contributed by atoms with Gasteiger partial charge in [0, 0.05) is 6.20 Å². The summed E-state index contributed by atoms with van der Waals surface area (Å²) in [5, 5.41) is -0.887. The highest BCUT2D eigenvalue weighted by Crippen LogP contribution is 2.29. The molecule has 0 unspecified atom stereocenters. The van der Waals surface area contributed by atoms with Gasteiger partial charge < -0.3 is 11.5 Å². The number of pyridine rings is 1. The van der Waals surface area contributed by atoms with Crippen molar-refractivity contribution in [2.24, 2.45) is 0 Å². The maximum atomic E-state index is 12.2. The minimum absolute atomic E-state index is 0.173. The average molecular weight is 222 g/mol. The molecule has 0 saturated heterocycles. The van der Waals surface area contributed by atoms with Crippen LogP contribution in [0.1, 0.15) is 22.5 Å². The Kier molecular flexibility index (Phi) is 2.85. The first-order valence-electron chi connectivity index (χ1n) is 3.47. The first-order chi connectivity index (χ1) is 6.45. The average Bonchev–Trinajstić information content (AvgIpc) is 2.08. The van der Waals surface area contributed by atoms with Crippen LogP contribution in [0, 0.1) is 0 Å². The van der Waals surface area contributed by atoms with Crippen molar-refractivity contribution in [2.75, 3.05) is 11.5 Å². The summed E-state index contributed by atoms with van der Waals surface area (Å²) >= 11 is 5.11. The van der Waals surface area contributed by atoms with Crippen molar-refractivity contribution in [1.29, 1.82) is 0 Å². The molecule has 7 heteroatoms. The van der Waals surface area contributed by atoms with E-state index >= 15 is 0 Å². The lowest BCUT2D eigenvalue weighted by atomic mass is 10.2. The van der Waals surface area contributed by atoms with Gasteiger partial charge in [0.25, 0.3) is 11.7 Å². The zero-order valence-corrected chi connectivity index (χ0v) is 7.55. The molecule has 1 aromatic rings. The van der Waals surface area contributed by atoms with E-state index in [4.69, 9.17) is 23.1 Å². The molecule has 0 bridgehead atoms. The number of carbonyl (C=O) groups excluding carboxylic acids is 1. The highest BCUT2D eigenvalue weighted by molar-refractivity contribution is 6.68. The summed E-state index contributed by atoms with van der Waals surface area (Å²) in [7, 11) is 0. The van der Waals surface area contributed by atoms with Crippen LogP contribution in [0.5, 0.6) is 0 Å². The van der Waals surface area contributed by atoms with Gasteiger partial charge in [-0.25, -0.2) is 8.78 Å². The number of nitrogens with two attached hydrogens (primary N) is 2. The molecule has 0 saturated carbocycles. The molecule has 4 nitrogen and oxygen atoms in total. The topological polar surface area (TPSA) is 82.0 Å². The lowest BCUT2D eigenvalue weighted by molar-refractivity contribution is 0.108. The van der Waals surface area contributed by atoms with Gasteiger partial charge in [-0.2, -0.15) is 0 Å². The van der Waals surface area contributed by atoms with Gasteiger partial charge in [-0.15, -0.1) is 0 Å². The number of nitrogens with zero attached hydrogens (tertiary/aromatic N) is 1. The van der Waals surface area contributed by atoms with Crippen molar-refractivity contribution < 1.29 is 13.6 Å².